The second-order valence-electron chi connectivity index (χ2n) is 6.93. The molecule has 0 bridgehead atoms. The van der Waals surface area contributed by atoms with Crippen LogP contribution in [0.1, 0.15) is 39.7 Å². The van der Waals surface area contributed by atoms with Crippen molar-refractivity contribution in [1.82, 2.24) is 10.6 Å². The summed E-state index contributed by atoms with van der Waals surface area (Å²) in [4.78, 5) is 12.6. The maximum absolute atomic E-state index is 12.6. The average Bonchev–Trinajstić information content (AvgIpc) is 2.52. The highest BCUT2D eigenvalue weighted by molar-refractivity contribution is 7.80. The molecule has 0 aromatic heterocycles. The van der Waals surface area contributed by atoms with Gasteiger partial charge in [-0.15, -0.1) is 0 Å². The van der Waals surface area contributed by atoms with Gasteiger partial charge in [-0.3, -0.25) is 0 Å². The van der Waals surface area contributed by atoms with Crippen molar-refractivity contribution < 1.29 is 9.53 Å². The van der Waals surface area contributed by atoms with Crippen molar-refractivity contribution in [2.45, 2.75) is 46.6 Å². The lowest BCUT2D eigenvalue weighted by molar-refractivity contribution is -0.139. The number of hydrogen-bond acceptors (Lipinski definition) is 3. The van der Waals surface area contributed by atoms with E-state index in [0.29, 0.717) is 17.3 Å². The molecule has 1 atom stereocenters. The number of benzene rings is 1. The van der Waals surface area contributed by atoms with Gasteiger partial charge in [0, 0.05) is 11.1 Å². The van der Waals surface area contributed by atoms with Gasteiger partial charge >= 0.3 is 5.97 Å². The maximum atomic E-state index is 12.6. The summed E-state index contributed by atoms with van der Waals surface area (Å²) in [5.41, 5.74) is 2.53. The number of aryl methyl sites for hydroxylation is 1. The molecule has 0 spiro atoms. The molecule has 1 aliphatic heterocycles. The zero-order valence-corrected chi connectivity index (χ0v) is 15.6. The molecule has 0 amide bonds. The van der Waals surface area contributed by atoms with E-state index >= 15 is 0 Å². The SMILES string of the molecule is CCOC(=O)C1=C(C(C)(C)C)NC(=S)NC1CCc1ccccc1. The van der Waals surface area contributed by atoms with Crippen LogP contribution in [-0.4, -0.2) is 23.7 Å². The summed E-state index contributed by atoms with van der Waals surface area (Å²) >= 11 is 5.36. The predicted molar refractivity (Wildman–Crippen MR) is 101 cm³/mol. The number of esters is 1. The van der Waals surface area contributed by atoms with Crippen LogP contribution in [0.5, 0.6) is 0 Å². The third kappa shape index (κ3) is 4.57. The fourth-order valence-electron chi connectivity index (χ4n) is 2.84. The van der Waals surface area contributed by atoms with Crippen molar-refractivity contribution in [1.29, 1.82) is 0 Å². The van der Waals surface area contributed by atoms with Gasteiger partial charge in [-0.1, -0.05) is 51.1 Å². The largest absolute Gasteiger partial charge is 0.463 e. The van der Waals surface area contributed by atoms with Crippen LogP contribution in [0.4, 0.5) is 0 Å². The molecule has 1 heterocycles. The fourth-order valence-corrected chi connectivity index (χ4v) is 3.08. The number of hydrogen-bond donors (Lipinski definition) is 2. The van der Waals surface area contributed by atoms with E-state index in [1.807, 2.05) is 25.1 Å². The summed E-state index contributed by atoms with van der Waals surface area (Å²) in [6.07, 6.45) is 1.64. The molecule has 1 unspecified atom stereocenters. The van der Waals surface area contributed by atoms with Crippen molar-refractivity contribution in [2.24, 2.45) is 5.41 Å². The minimum Gasteiger partial charge on any atom is -0.463 e. The first-order valence-corrected chi connectivity index (χ1v) is 8.77. The summed E-state index contributed by atoms with van der Waals surface area (Å²) in [7, 11) is 0. The smallest absolute Gasteiger partial charge is 0.337 e. The van der Waals surface area contributed by atoms with E-state index in [1.54, 1.807) is 0 Å². The van der Waals surface area contributed by atoms with Crippen molar-refractivity contribution >= 4 is 23.3 Å². The third-order valence-corrected chi connectivity index (χ3v) is 4.19. The number of ether oxygens (including phenoxy) is 1. The standard InChI is InChI=1S/C19H26N2O2S/c1-5-23-17(22)15-14(12-11-13-9-7-6-8-10-13)20-18(24)21-16(15)19(2,3)4/h6-10,14H,5,11-12H2,1-4H3,(H2,20,21,24). The zero-order chi connectivity index (χ0) is 17.7. The van der Waals surface area contributed by atoms with E-state index in [-0.39, 0.29) is 17.4 Å². The Morgan fingerprint density at radius 2 is 1.92 bits per heavy atom. The number of allylic oxidation sites excluding steroid dienone is 1. The van der Waals surface area contributed by atoms with E-state index < -0.39 is 0 Å². The topological polar surface area (TPSA) is 50.4 Å². The molecule has 24 heavy (non-hydrogen) atoms. The highest BCUT2D eigenvalue weighted by atomic mass is 32.1. The average molecular weight is 346 g/mol. The molecule has 1 aromatic carbocycles. The third-order valence-electron chi connectivity index (χ3n) is 3.97. The Morgan fingerprint density at radius 3 is 2.50 bits per heavy atom. The molecule has 4 nitrogen and oxygen atoms in total. The number of nitrogens with one attached hydrogen (secondary N) is 2. The monoisotopic (exact) mass is 346 g/mol. The number of carbonyl (C=O) groups excluding carboxylic acids is 1. The van der Waals surface area contributed by atoms with E-state index in [9.17, 15) is 4.79 Å². The van der Waals surface area contributed by atoms with E-state index in [1.165, 1.54) is 5.56 Å². The van der Waals surface area contributed by atoms with Gasteiger partial charge in [-0.25, -0.2) is 4.79 Å². The molecule has 0 fully saturated rings. The number of carbonyl (C=O) groups is 1. The lowest BCUT2D eigenvalue weighted by Gasteiger charge is -2.36. The van der Waals surface area contributed by atoms with Crippen LogP contribution in [0.15, 0.2) is 41.6 Å². The van der Waals surface area contributed by atoms with Crippen molar-refractivity contribution in [2.75, 3.05) is 6.61 Å². The molecule has 0 aliphatic carbocycles. The van der Waals surface area contributed by atoms with Gasteiger partial charge in [0.25, 0.3) is 0 Å². The molecule has 1 aliphatic rings. The Labute approximate surface area is 149 Å². The van der Waals surface area contributed by atoms with E-state index in [4.69, 9.17) is 17.0 Å². The molecular weight excluding hydrogens is 320 g/mol. The first-order chi connectivity index (χ1) is 11.3. The van der Waals surface area contributed by atoms with Crippen molar-refractivity contribution in [3.63, 3.8) is 0 Å². The Morgan fingerprint density at radius 1 is 1.25 bits per heavy atom. The minimum absolute atomic E-state index is 0.146. The van der Waals surface area contributed by atoms with Gasteiger partial charge in [0.2, 0.25) is 0 Å². The van der Waals surface area contributed by atoms with Crippen molar-refractivity contribution in [3.05, 3.63) is 47.2 Å². The van der Waals surface area contributed by atoms with Crippen LogP contribution >= 0.6 is 12.2 Å². The maximum Gasteiger partial charge on any atom is 0.337 e. The van der Waals surface area contributed by atoms with Crippen LogP contribution in [-0.2, 0) is 16.0 Å². The second-order valence-corrected chi connectivity index (χ2v) is 7.34. The van der Waals surface area contributed by atoms with Gasteiger partial charge in [0.1, 0.15) is 0 Å². The van der Waals surface area contributed by atoms with Gasteiger partial charge < -0.3 is 15.4 Å². The first kappa shape index (κ1) is 18.5. The fraction of sp³-hybridized carbons (Fsp3) is 0.474. The lowest BCUT2D eigenvalue weighted by atomic mass is 9.84. The zero-order valence-electron chi connectivity index (χ0n) is 14.8. The Bertz CT molecular complexity index is 633. The van der Waals surface area contributed by atoms with Gasteiger partial charge in [0.05, 0.1) is 18.2 Å². The molecule has 2 rings (SSSR count). The molecular formula is C19H26N2O2S. The summed E-state index contributed by atoms with van der Waals surface area (Å²) in [5.74, 6) is -0.275. The highest BCUT2D eigenvalue weighted by Gasteiger charge is 2.35. The van der Waals surface area contributed by atoms with Crippen LogP contribution < -0.4 is 10.6 Å². The second kappa shape index (κ2) is 7.79. The summed E-state index contributed by atoms with van der Waals surface area (Å²) < 4.78 is 5.30. The van der Waals surface area contributed by atoms with Crippen LogP contribution in [0.3, 0.4) is 0 Å². The number of rotatable bonds is 5. The lowest BCUT2D eigenvalue weighted by Crippen LogP contribution is -2.52. The van der Waals surface area contributed by atoms with Gasteiger partial charge in [0.15, 0.2) is 5.11 Å². The van der Waals surface area contributed by atoms with E-state index in [2.05, 4.69) is 43.5 Å². The Kier molecular flexibility index (Phi) is 5.99. The normalized spacial score (nSPS) is 18.0. The molecule has 1 aromatic rings. The van der Waals surface area contributed by atoms with Crippen LogP contribution in [0.2, 0.25) is 0 Å². The molecule has 0 saturated heterocycles. The van der Waals surface area contributed by atoms with Crippen LogP contribution in [0, 0.1) is 5.41 Å². The molecule has 0 radical (unpaired) electrons. The molecule has 2 N–H and O–H groups in total. The summed E-state index contributed by atoms with van der Waals surface area (Å²) in [6, 6.07) is 10.1. The van der Waals surface area contributed by atoms with Crippen LogP contribution in [0.25, 0.3) is 0 Å². The predicted octanol–water partition coefficient (Wildman–Crippen LogP) is 3.33. The summed E-state index contributed by atoms with van der Waals surface area (Å²) in [6.45, 7) is 8.38. The van der Waals surface area contributed by atoms with Gasteiger partial charge in [-0.2, -0.15) is 0 Å². The van der Waals surface area contributed by atoms with E-state index in [0.717, 1.165) is 18.5 Å². The van der Waals surface area contributed by atoms with Crippen molar-refractivity contribution in [3.8, 4) is 0 Å². The number of thiocarbonyl (C=S) groups is 1. The van der Waals surface area contributed by atoms with Gasteiger partial charge in [-0.05, 0) is 37.5 Å². The quantitative estimate of drug-likeness (QED) is 0.633. The summed E-state index contributed by atoms with van der Waals surface area (Å²) in [5, 5.41) is 6.97. The highest BCUT2D eigenvalue weighted by Crippen LogP contribution is 2.31. The first-order valence-electron chi connectivity index (χ1n) is 8.36. The molecule has 0 saturated carbocycles. The molecule has 130 valence electrons. The Hall–Kier alpha value is -1.88. The Balaban J connectivity index is 2.31. The molecule has 5 heteroatoms. The minimum atomic E-state index is -0.275.